The Morgan fingerprint density at radius 1 is 0.301 bits per heavy atom. The van der Waals surface area contributed by atoms with E-state index in [1.54, 1.807) is 0 Å². The van der Waals surface area contributed by atoms with Crippen LogP contribution in [-0.4, -0.2) is 96.7 Å². The smallest absolute Gasteiger partial charge is 0.462 e. The average Bonchev–Trinajstić information content (AvgIpc) is 2.87. The molecular formula is C74H144O17P2. The minimum Gasteiger partial charge on any atom is -0.462 e. The molecule has 0 amide bonds. The van der Waals surface area contributed by atoms with Crippen molar-refractivity contribution < 1.29 is 80.2 Å². The van der Waals surface area contributed by atoms with E-state index in [1.807, 2.05) is 0 Å². The largest absolute Gasteiger partial charge is 0.472 e. The summed E-state index contributed by atoms with van der Waals surface area (Å²) in [5.41, 5.74) is 0. The van der Waals surface area contributed by atoms with Crippen LogP contribution in [0.5, 0.6) is 0 Å². The van der Waals surface area contributed by atoms with Gasteiger partial charge in [0.25, 0.3) is 0 Å². The number of rotatable bonds is 71. The fourth-order valence-corrected chi connectivity index (χ4v) is 12.7. The van der Waals surface area contributed by atoms with E-state index in [2.05, 4.69) is 55.4 Å². The Labute approximate surface area is 568 Å². The topological polar surface area (TPSA) is 237 Å². The molecule has 0 heterocycles. The van der Waals surface area contributed by atoms with E-state index in [0.29, 0.717) is 25.7 Å². The maximum Gasteiger partial charge on any atom is 0.472 e. The first kappa shape index (κ1) is 91.1. The zero-order chi connectivity index (χ0) is 68.9. The van der Waals surface area contributed by atoms with Crippen LogP contribution < -0.4 is 0 Å². The van der Waals surface area contributed by atoms with Crippen molar-refractivity contribution in [3.63, 3.8) is 0 Å². The minimum absolute atomic E-state index is 0.104. The molecule has 93 heavy (non-hydrogen) atoms. The number of unbranched alkanes of at least 4 members (excludes halogenated alkanes) is 34. The Kier molecular flexibility index (Phi) is 62.2. The molecular weight excluding hydrogens is 1220 g/mol. The van der Waals surface area contributed by atoms with E-state index in [4.69, 9.17) is 37.0 Å². The van der Waals surface area contributed by atoms with Gasteiger partial charge in [0.05, 0.1) is 26.4 Å². The first-order chi connectivity index (χ1) is 44.7. The summed E-state index contributed by atoms with van der Waals surface area (Å²) in [7, 11) is -9.91. The van der Waals surface area contributed by atoms with Crippen molar-refractivity contribution in [1.29, 1.82) is 0 Å². The van der Waals surface area contributed by atoms with Crippen molar-refractivity contribution in [1.82, 2.24) is 0 Å². The Morgan fingerprint density at radius 3 is 0.763 bits per heavy atom. The molecule has 0 aromatic carbocycles. The van der Waals surface area contributed by atoms with Gasteiger partial charge in [-0.05, 0) is 49.4 Å². The van der Waals surface area contributed by atoms with Crippen LogP contribution in [0.4, 0.5) is 0 Å². The molecule has 0 bridgehead atoms. The lowest BCUT2D eigenvalue weighted by molar-refractivity contribution is -0.161. The fraction of sp³-hybridized carbons (Fsp3) is 0.946. The number of aliphatic hydroxyl groups is 1. The van der Waals surface area contributed by atoms with Crippen LogP contribution in [0.2, 0.25) is 0 Å². The Morgan fingerprint density at radius 2 is 0.516 bits per heavy atom. The molecule has 552 valence electrons. The molecule has 0 aromatic heterocycles. The third-order valence-electron chi connectivity index (χ3n) is 18.2. The van der Waals surface area contributed by atoms with Crippen LogP contribution >= 0.6 is 15.6 Å². The van der Waals surface area contributed by atoms with Crippen molar-refractivity contribution in [2.24, 2.45) is 23.7 Å². The molecule has 0 aliphatic heterocycles. The first-order valence-electron chi connectivity index (χ1n) is 38.3. The summed E-state index contributed by atoms with van der Waals surface area (Å²) < 4.78 is 68.4. The highest BCUT2D eigenvalue weighted by Gasteiger charge is 2.30. The van der Waals surface area contributed by atoms with E-state index < -0.39 is 97.5 Å². The van der Waals surface area contributed by atoms with Gasteiger partial charge in [-0.1, -0.05) is 319 Å². The second kappa shape index (κ2) is 63.5. The third kappa shape index (κ3) is 64.5. The first-order valence-corrected chi connectivity index (χ1v) is 41.3. The Bertz CT molecular complexity index is 1840. The third-order valence-corrected chi connectivity index (χ3v) is 20.1. The normalized spacial score (nSPS) is 15.1. The van der Waals surface area contributed by atoms with Gasteiger partial charge in [-0.3, -0.25) is 37.3 Å². The maximum atomic E-state index is 13.1. The maximum absolute atomic E-state index is 13.1. The van der Waals surface area contributed by atoms with E-state index in [1.165, 1.54) is 167 Å². The second-order valence-electron chi connectivity index (χ2n) is 27.9. The highest BCUT2D eigenvalue weighted by molar-refractivity contribution is 7.47. The number of carbonyl (C=O) groups excluding carboxylic acids is 4. The summed E-state index contributed by atoms with van der Waals surface area (Å²) in [6.45, 7) is 14.2. The highest BCUT2D eigenvalue weighted by atomic mass is 31.2. The van der Waals surface area contributed by atoms with Crippen molar-refractivity contribution in [3.05, 3.63) is 0 Å². The number of esters is 4. The van der Waals surface area contributed by atoms with Crippen molar-refractivity contribution in [3.8, 4) is 0 Å². The minimum atomic E-state index is -4.96. The fourth-order valence-electron chi connectivity index (χ4n) is 11.1. The van der Waals surface area contributed by atoms with E-state index in [9.17, 15) is 43.2 Å². The predicted molar refractivity (Wildman–Crippen MR) is 377 cm³/mol. The van der Waals surface area contributed by atoms with Gasteiger partial charge < -0.3 is 33.8 Å². The zero-order valence-electron chi connectivity index (χ0n) is 60.9. The van der Waals surface area contributed by atoms with Crippen LogP contribution in [0.3, 0.4) is 0 Å². The summed E-state index contributed by atoms with van der Waals surface area (Å²) in [5.74, 6) is 0.955. The summed E-state index contributed by atoms with van der Waals surface area (Å²) in [6.07, 6.45) is 47.2. The van der Waals surface area contributed by atoms with E-state index in [0.717, 1.165) is 120 Å². The van der Waals surface area contributed by atoms with Crippen molar-refractivity contribution >= 4 is 39.5 Å². The van der Waals surface area contributed by atoms with E-state index in [-0.39, 0.29) is 25.7 Å². The van der Waals surface area contributed by atoms with Crippen molar-refractivity contribution in [2.45, 2.75) is 388 Å². The molecule has 0 rings (SSSR count). The summed E-state index contributed by atoms with van der Waals surface area (Å²) in [5, 5.41) is 10.6. The predicted octanol–water partition coefficient (Wildman–Crippen LogP) is 21.3. The van der Waals surface area contributed by atoms with Gasteiger partial charge >= 0.3 is 39.5 Å². The van der Waals surface area contributed by atoms with Gasteiger partial charge in [0.1, 0.15) is 19.3 Å². The Balaban J connectivity index is 5.22. The lowest BCUT2D eigenvalue weighted by Gasteiger charge is -2.21. The van der Waals surface area contributed by atoms with Crippen LogP contribution in [0, 0.1) is 23.7 Å². The lowest BCUT2D eigenvalue weighted by atomic mass is 9.99. The molecule has 3 N–H and O–H groups in total. The molecule has 19 heteroatoms. The summed E-state index contributed by atoms with van der Waals surface area (Å²) in [6, 6.07) is 0. The monoisotopic (exact) mass is 1370 g/mol. The summed E-state index contributed by atoms with van der Waals surface area (Å²) in [4.78, 5) is 72.7. The van der Waals surface area contributed by atoms with Crippen LogP contribution in [0.15, 0.2) is 0 Å². The van der Waals surface area contributed by atoms with Gasteiger partial charge in [0, 0.05) is 25.7 Å². The molecule has 0 aromatic rings. The molecule has 5 unspecified atom stereocenters. The number of hydrogen-bond acceptors (Lipinski definition) is 15. The van der Waals surface area contributed by atoms with Gasteiger partial charge in [0.15, 0.2) is 12.2 Å². The molecule has 0 saturated carbocycles. The molecule has 17 nitrogen and oxygen atoms in total. The van der Waals surface area contributed by atoms with Gasteiger partial charge in [-0.2, -0.15) is 0 Å². The number of ether oxygens (including phenoxy) is 4. The molecule has 0 spiro atoms. The van der Waals surface area contributed by atoms with Gasteiger partial charge in [0.2, 0.25) is 0 Å². The zero-order valence-corrected chi connectivity index (χ0v) is 62.7. The molecule has 8 atom stereocenters. The van der Waals surface area contributed by atoms with Crippen LogP contribution in [0.1, 0.15) is 370 Å². The molecule has 0 aliphatic carbocycles. The van der Waals surface area contributed by atoms with Crippen molar-refractivity contribution in [2.75, 3.05) is 39.6 Å². The number of aliphatic hydroxyl groups excluding tert-OH is 1. The SMILES string of the molecule is CCC(C)CCCCCCCCCCC(=O)O[C@H](COC(=O)CCCCCCCCCCCCCCCCCCC(C)C)COP(=O)(O)OC[C@@H](O)COP(=O)(O)OC[C@@H](COC(=O)CCCCCCCCC(C)CC)OC(=O)CCCCCCCCCCC(C)CC. The van der Waals surface area contributed by atoms with Gasteiger partial charge in [-0.15, -0.1) is 0 Å². The molecule has 0 fully saturated rings. The number of phosphoric acid groups is 2. The number of hydrogen-bond donors (Lipinski definition) is 3. The van der Waals surface area contributed by atoms with Crippen LogP contribution in [-0.2, 0) is 65.4 Å². The standard InChI is InChI=1S/C74H144O17P2/c1-9-65(6)51-43-35-27-22-24-30-40-48-56-73(78)90-69(60-84-71(76)54-46-38-29-21-19-17-15-13-12-14-16-18-20-26-34-42-50-64(4)5)62-88-92(80,81)86-58-68(75)59-87-93(82,83)89-63-70(61-85-72(77)55-47-39-33-32-37-45-53-67(8)11-3)91-74(79)57-49-41-31-25-23-28-36-44-52-66(7)10-2/h64-70,75H,9-63H2,1-8H3,(H,80,81)(H,82,83)/t65?,66?,67?,68-,69-,70-/m1/s1. The van der Waals surface area contributed by atoms with Crippen LogP contribution in [0.25, 0.3) is 0 Å². The summed E-state index contributed by atoms with van der Waals surface area (Å²) >= 11 is 0. The van der Waals surface area contributed by atoms with E-state index >= 15 is 0 Å². The van der Waals surface area contributed by atoms with Gasteiger partial charge in [-0.25, -0.2) is 9.13 Å². The molecule has 0 radical (unpaired) electrons. The molecule has 0 saturated heterocycles. The average molecular weight is 1370 g/mol. The lowest BCUT2D eigenvalue weighted by Crippen LogP contribution is -2.30. The quantitative estimate of drug-likeness (QED) is 0.0222. The Hall–Kier alpha value is -1.94. The second-order valence-corrected chi connectivity index (χ2v) is 30.8. The molecule has 0 aliphatic rings. The number of carbonyl (C=O) groups is 4. The highest BCUT2D eigenvalue weighted by Crippen LogP contribution is 2.45. The number of phosphoric ester groups is 2.